The Bertz CT molecular complexity index is 1870. The van der Waals surface area contributed by atoms with Crippen LogP contribution in [-0.4, -0.2) is 96.7 Å². The number of hydrogen-bond acceptors (Lipinski definition) is 15. The van der Waals surface area contributed by atoms with E-state index in [0.717, 1.165) is 102 Å². The summed E-state index contributed by atoms with van der Waals surface area (Å²) in [6.07, 6.45) is 58.1. The zero-order valence-corrected chi connectivity index (χ0v) is 65.2. The fourth-order valence-electron chi connectivity index (χ4n) is 12.0. The Balaban J connectivity index is 5.25. The summed E-state index contributed by atoms with van der Waals surface area (Å²) in [4.78, 5) is 72.9. The third-order valence-electron chi connectivity index (χ3n) is 18.2. The second-order valence-electron chi connectivity index (χ2n) is 29.1. The summed E-state index contributed by atoms with van der Waals surface area (Å²) in [5.74, 6) is -0.533. The molecule has 0 saturated carbocycles. The van der Waals surface area contributed by atoms with Crippen molar-refractivity contribution in [2.24, 2.45) is 11.8 Å². The molecule has 5 atom stereocenters. The summed E-state index contributed by atoms with van der Waals surface area (Å²) in [7, 11) is -9.91. The van der Waals surface area contributed by atoms with Crippen molar-refractivity contribution in [2.75, 3.05) is 39.6 Å². The molecule has 0 aromatic rings. The van der Waals surface area contributed by atoms with Gasteiger partial charge in [-0.15, -0.1) is 0 Å². The minimum absolute atomic E-state index is 0.108. The zero-order valence-electron chi connectivity index (χ0n) is 63.4. The summed E-state index contributed by atoms with van der Waals surface area (Å²) in [6.45, 7) is 9.65. The molecule has 0 amide bonds. The molecule has 0 heterocycles. The number of ether oxygens (including phenoxy) is 4. The van der Waals surface area contributed by atoms with E-state index in [1.54, 1.807) is 0 Å². The molecule has 0 radical (unpaired) electrons. The minimum atomic E-state index is -4.96. The molecule has 97 heavy (non-hydrogen) atoms. The molecule has 19 heteroatoms. The molecular formula is C78H152O17P2. The normalized spacial score (nSPS) is 14.0. The summed E-state index contributed by atoms with van der Waals surface area (Å²) < 4.78 is 68.6. The smallest absolute Gasteiger partial charge is 0.462 e. The van der Waals surface area contributed by atoms with Crippen LogP contribution in [0.4, 0.5) is 0 Å². The summed E-state index contributed by atoms with van der Waals surface area (Å²) in [5, 5.41) is 10.6. The number of aliphatic hydroxyl groups excluding tert-OH is 1. The first-order valence-electron chi connectivity index (χ1n) is 40.5. The summed E-state index contributed by atoms with van der Waals surface area (Å²) >= 11 is 0. The Labute approximate surface area is 594 Å². The van der Waals surface area contributed by atoms with Crippen LogP contribution in [0.1, 0.15) is 408 Å². The third-order valence-corrected chi connectivity index (χ3v) is 20.1. The number of hydrogen-bond donors (Lipinski definition) is 3. The van der Waals surface area contributed by atoms with E-state index < -0.39 is 97.5 Å². The van der Waals surface area contributed by atoms with Crippen molar-refractivity contribution in [3.8, 4) is 0 Å². The lowest BCUT2D eigenvalue weighted by atomic mass is 10.0. The lowest BCUT2D eigenvalue weighted by Gasteiger charge is -2.21. The molecule has 3 N–H and O–H groups in total. The van der Waals surface area contributed by atoms with Crippen LogP contribution >= 0.6 is 15.6 Å². The van der Waals surface area contributed by atoms with E-state index in [2.05, 4.69) is 41.5 Å². The number of phosphoric acid groups is 2. The molecule has 17 nitrogen and oxygen atoms in total. The highest BCUT2D eigenvalue weighted by Crippen LogP contribution is 2.45. The van der Waals surface area contributed by atoms with Crippen LogP contribution in [0.15, 0.2) is 0 Å². The van der Waals surface area contributed by atoms with Gasteiger partial charge in [-0.3, -0.25) is 37.3 Å². The largest absolute Gasteiger partial charge is 0.472 e. The quantitative estimate of drug-likeness (QED) is 0.0222. The van der Waals surface area contributed by atoms with E-state index >= 15 is 0 Å². The van der Waals surface area contributed by atoms with Gasteiger partial charge >= 0.3 is 39.5 Å². The molecule has 0 aliphatic carbocycles. The number of phosphoric ester groups is 2. The molecule has 0 aliphatic heterocycles. The fourth-order valence-corrected chi connectivity index (χ4v) is 13.6. The average molecular weight is 1420 g/mol. The van der Waals surface area contributed by atoms with Gasteiger partial charge < -0.3 is 33.8 Å². The van der Waals surface area contributed by atoms with Gasteiger partial charge in [-0.05, 0) is 37.5 Å². The van der Waals surface area contributed by atoms with E-state index in [1.807, 2.05) is 0 Å². The first-order valence-corrected chi connectivity index (χ1v) is 43.5. The Morgan fingerprint density at radius 2 is 0.474 bits per heavy atom. The number of carbonyl (C=O) groups is 4. The van der Waals surface area contributed by atoms with Gasteiger partial charge in [0.25, 0.3) is 0 Å². The van der Waals surface area contributed by atoms with Crippen LogP contribution in [0.3, 0.4) is 0 Å². The predicted molar refractivity (Wildman–Crippen MR) is 395 cm³/mol. The van der Waals surface area contributed by atoms with Gasteiger partial charge in [0, 0.05) is 25.7 Å². The van der Waals surface area contributed by atoms with Crippen molar-refractivity contribution in [2.45, 2.75) is 426 Å². The molecule has 0 rings (SSSR count). The number of rotatable bonds is 77. The predicted octanol–water partition coefficient (Wildman–Crippen LogP) is 23.1. The Morgan fingerprint density at radius 3 is 0.701 bits per heavy atom. The van der Waals surface area contributed by atoms with Gasteiger partial charge in [-0.1, -0.05) is 356 Å². The average Bonchev–Trinajstić information content (AvgIpc) is 1.05. The standard InChI is InChI=1S/C78H152O17P2/c1-7-9-11-13-15-17-19-20-21-26-32-38-44-50-56-62-77(82)94-73(66-88-75(80)60-54-48-42-36-18-16-14-12-10-8-2)68-92-96(84,85)90-64-72(79)65-91-97(86,87)93-69-74(95-78(83)63-57-51-45-39-33-28-23-25-30-35-41-47-53-59-71(5)6)67-89-76(81)61-55-49-43-37-31-27-22-24-29-34-40-46-52-58-70(3)4/h70-74,79H,7-69H2,1-6H3,(H,84,85)(H,86,87)/t72-,73+,74+/m0/s1. The second kappa shape index (κ2) is 69.8. The number of esters is 4. The van der Waals surface area contributed by atoms with Crippen molar-refractivity contribution in [3.05, 3.63) is 0 Å². The number of carbonyl (C=O) groups excluding carboxylic acids is 4. The Hall–Kier alpha value is -1.94. The highest BCUT2D eigenvalue weighted by Gasteiger charge is 2.30. The first-order chi connectivity index (χ1) is 46.9. The van der Waals surface area contributed by atoms with Gasteiger partial charge in [-0.2, -0.15) is 0 Å². The van der Waals surface area contributed by atoms with Gasteiger partial charge in [0.2, 0.25) is 0 Å². The van der Waals surface area contributed by atoms with Gasteiger partial charge in [-0.25, -0.2) is 9.13 Å². The molecule has 576 valence electrons. The molecule has 2 unspecified atom stereocenters. The van der Waals surface area contributed by atoms with Crippen molar-refractivity contribution < 1.29 is 80.2 Å². The van der Waals surface area contributed by atoms with Crippen LogP contribution in [0, 0.1) is 11.8 Å². The number of unbranched alkanes of at least 4 members (excludes halogenated alkanes) is 47. The first kappa shape index (κ1) is 95.1. The van der Waals surface area contributed by atoms with Gasteiger partial charge in [0.15, 0.2) is 12.2 Å². The molecule has 0 aliphatic rings. The zero-order chi connectivity index (χ0) is 71.4. The van der Waals surface area contributed by atoms with E-state index in [9.17, 15) is 43.2 Å². The van der Waals surface area contributed by atoms with E-state index in [1.165, 1.54) is 225 Å². The van der Waals surface area contributed by atoms with Gasteiger partial charge in [0.05, 0.1) is 26.4 Å². The summed E-state index contributed by atoms with van der Waals surface area (Å²) in [6, 6.07) is 0. The van der Waals surface area contributed by atoms with E-state index in [0.29, 0.717) is 25.7 Å². The van der Waals surface area contributed by atoms with Crippen LogP contribution in [-0.2, 0) is 65.4 Å². The Morgan fingerprint density at radius 1 is 0.278 bits per heavy atom. The maximum absolute atomic E-state index is 13.1. The van der Waals surface area contributed by atoms with E-state index in [-0.39, 0.29) is 25.7 Å². The maximum atomic E-state index is 13.1. The monoisotopic (exact) mass is 1420 g/mol. The molecule has 0 fully saturated rings. The minimum Gasteiger partial charge on any atom is -0.462 e. The molecule has 0 spiro atoms. The molecule has 0 aromatic heterocycles. The lowest BCUT2D eigenvalue weighted by molar-refractivity contribution is -0.161. The molecule has 0 aromatic carbocycles. The van der Waals surface area contributed by atoms with Crippen molar-refractivity contribution in [1.29, 1.82) is 0 Å². The SMILES string of the molecule is CCCCCCCCCCCCCCCCCC(=O)O[C@H](COC(=O)CCCCCCCCCCCC)COP(=O)(O)OC[C@H](O)COP(=O)(O)OC[C@@H](COC(=O)CCCCCCCCCCCCCCCC(C)C)OC(=O)CCCCCCCCCCCCCCCC(C)C. The molecular weight excluding hydrogens is 1270 g/mol. The van der Waals surface area contributed by atoms with Crippen LogP contribution in [0.5, 0.6) is 0 Å². The molecule has 0 bridgehead atoms. The molecule has 0 saturated heterocycles. The lowest BCUT2D eigenvalue weighted by Crippen LogP contribution is -2.30. The third kappa shape index (κ3) is 72.2. The summed E-state index contributed by atoms with van der Waals surface area (Å²) in [5.41, 5.74) is 0. The van der Waals surface area contributed by atoms with Crippen molar-refractivity contribution in [1.82, 2.24) is 0 Å². The highest BCUT2D eigenvalue weighted by molar-refractivity contribution is 7.47. The maximum Gasteiger partial charge on any atom is 0.472 e. The van der Waals surface area contributed by atoms with Gasteiger partial charge in [0.1, 0.15) is 19.3 Å². The van der Waals surface area contributed by atoms with Crippen LogP contribution in [0.25, 0.3) is 0 Å². The fraction of sp³-hybridized carbons (Fsp3) is 0.949. The van der Waals surface area contributed by atoms with Crippen molar-refractivity contribution in [3.63, 3.8) is 0 Å². The van der Waals surface area contributed by atoms with Crippen LogP contribution in [0.2, 0.25) is 0 Å². The van der Waals surface area contributed by atoms with E-state index in [4.69, 9.17) is 37.0 Å². The second-order valence-corrected chi connectivity index (χ2v) is 32.0. The number of aliphatic hydroxyl groups is 1. The van der Waals surface area contributed by atoms with Crippen LogP contribution < -0.4 is 0 Å². The topological polar surface area (TPSA) is 237 Å². The Kier molecular flexibility index (Phi) is 68.4. The highest BCUT2D eigenvalue weighted by atomic mass is 31.2. The van der Waals surface area contributed by atoms with Crippen molar-refractivity contribution >= 4 is 39.5 Å².